The van der Waals surface area contributed by atoms with Crippen molar-refractivity contribution in [2.45, 2.75) is 17.2 Å². The van der Waals surface area contributed by atoms with Crippen molar-refractivity contribution in [2.75, 3.05) is 4.43 Å². The molecule has 0 aliphatic carbocycles. The van der Waals surface area contributed by atoms with Crippen molar-refractivity contribution in [1.29, 1.82) is 0 Å². The Morgan fingerprint density at radius 1 is 0.741 bits per heavy atom. The van der Waals surface area contributed by atoms with E-state index in [0.717, 1.165) is 3.57 Å². The summed E-state index contributed by atoms with van der Waals surface area (Å²) in [6.45, 7) is 0. The maximum Gasteiger partial charge on any atom is 0.512 e. The second kappa shape index (κ2) is 9.12. The molecule has 1 rings (SSSR count). The van der Waals surface area contributed by atoms with Crippen LogP contribution in [0.2, 0.25) is 0 Å². The highest BCUT2D eigenvalue weighted by Gasteiger charge is 2.55. The average Bonchev–Trinajstić information content (AvgIpc) is 2.43. The van der Waals surface area contributed by atoms with Crippen LogP contribution in [0.25, 0.3) is 0 Å². The molecule has 0 heterocycles. The van der Waals surface area contributed by atoms with E-state index in [-0.39, 0.29) is 0 Å². The molecule has 0 aliphatic heterocycles. The SMILES string of the molecule is FC(F)(F)C[I+]c1ccccc1.O=S(=O)(NS(=O)(=O)C(F)(F)F)C(F)(F)F. The normalized spacial score (nSPS) is 13.7. The molecule has 0 saturated heterocycles. The quantitative estimate of drug-likeness (QED) is 0.310. The van der Waals surface area contributed by atoms with E-state index in [0.29, 0.717) is 0 Å². The molecule has 1 aromatic carbocycles. The average molecular weight is 568 g/mol. The molecular formula is C10H8F9INO4S2+. The summed E-state index contributed by atoms with van der Waals surface area (Å²) in [5.41, 5.74) is -12.3. The van der Waals surface area contributed by atoms with E-state index in [1.165, 1.54) is 0 Å². The van der Waals surface area contributed by atoms with Crippen LogP contribution in [0.1, 0.15) is 0 Å². The number of halogens is 10. The molecule has 0 saturated carbocycles. The third-order valence-corrected chi connectivity index (χ3v) is 7.76. The molecule has 17 heteroatoms. The fourth-order valence-electron chi connectivity index (χ4n) is 0.896. The van der Waals surface area contributed by atoms with Gasteiger partial charge in [0, 0.05) is 0 Å². The summed E-state index contributed by atoms with van der Waals surface area (Å²) in [4.78, 5) is 0. The van der Waals surface area contributed by atoms with Gasteiger partial charge in [0.15, 0.2) is 3.57 Å². The zero-order valence-electron chi connectivity index (χ0n) is 12.3. The smallest absolute Gasteiger partial charge is 0.202 e. The Hall–Kier alpha value is -0.820. The summed E-state index contributed by atoms with van der Waals surface area (Å²) in [5.74, 6) is 0. The lowest BCUT2D eigenvalue weighted by Gasteiger charge is -2.11. The molecule has 1 N–H and O–H groups in total. The Morgan fingerprint density at radius 2 is 1.11 bits per heavy atom. The van der Waals surface area contributed by atoms with Gasteiger partial charge in [-0.25, -0.2) is 16.8 Å². The first-order valence-electron chi connectivity index (χ1n) is 5.90. The predicted molar refractivity (Wildman–Crippen MR) is 69.1 cm³/mol. The van der Waals surface area contributed by atoms with Gasteiger partial charge >= 0.3 is 58.4 Å². The largest absolute Gasteiger partial charge is 0.512 e. The van der Waals surface area contributed by atoms with Crippen LogP contribution in [-0.2, 0) is 20.0 Å². The van der Waals surface area contributed by atoms with E-state index >= 15 is 0 Å². The van der Waals surface area contributed by atoms with Crippen molar-refractivity contribution >= 4 is 20.0 Å². The van der Waals surface area contributed by atoms with Crippen LogP contribution in [0.15, 0.2) is 30.3 Å². The van der Waals surface area contributed by atoms with Crippen LogP contribution < -0.4 is 25.3 Å². The fourth-order valence-corrected chi connectivity index (χ4v) is 4.60. The minimum atomic E-state index is -6.60. The van der Waals surface area contributed by atoms with Crippen molar-refractivity contribution < 1.29 is 77.6 Å². The lowest BCUT2D eigenvalue weighted by molar-refractivity contribution is -0.650. The lowest BCUT2D eigenvalue weighted by Crippen LogP contribution is -3.63. The molecule has 0 aromatic heterocycles. The maximum absolute atomic E-state index is 11.8. The Kier molecular flexibility index (Phi) is 8.84. The van der Waals surface area contributed by atoms with Gasteiger partial charge < -0.3 is 0 Å². The summed E-state index contributed by atoms with van der Waals surface area (Å²) in [6, 6.07) is 8.84. The molecule has 0 spiro atoms. The first-order valence-corrected chi connectivity index (χ1v) is 11.5. The van der Waals surface area contributed by atoms with E-state index in [1.54, 1.807) is 30.3 Å². The molecule has 0 unspecified atom stereocenters. The fraction of sp³-hybridized carbons (Fsp3) is 0.400. The van der Waals surface area contributed by atoms with E-state index < -0.39 is 67.0 Å². The highest BCUT2D eigenvalue weighted by atomic mass is 127. The molecular weight excluding hydrogens is 560 g/mol. The zero-order chi connectivity index (χ0) is 21.7. The van der Waals surface area contributed by atoms with Crippen molar-refractivity contribution in [2.24, 2.45) is 0 Å². The Balaban J connectivity index is 0.000000511. The number of sulfonamides is 2. The summed E-state index contributed by atoms with van der Waals surface area (Å²) >= 11 is -0.888. The first-order chi connectivity index (χ1) is 11.8. The van der Waals surface area contributed by atoms with Crippen LogP contribution in [0.5, 0.6) is 0 Å². The Labute approximate surface area is 157 Å². The van der Waals surface area contributed by atoms with Crippen LogP contribution in [0.4, 0.5) is 39.5 Å². The van der Waals surface area contributed by atoms with Crippen LogP contribution >= 0.6 is 0 Å². The number of hydrogen-bond acceptors (Lipinski definition) is 4. The number of benzene rings is 1. The molecule has 0 fully saturated rings. The summed E-state index contributed by atoms with van der Waals surface area (Å²) in [5, 5.41) is 0. The highest BCUT2D eigenvalue weighted by molar-refractivity contribution is 8.05. The second-order valence-electron chi connectivity index (χ2n) is 4.16. The molecule has 27 heavy (non-hydrogen) atoms. The van der Waals surface area contributed by atoms with Crippen molar-refractivity contribution in [1.82, 2.24) is 4.13 Å². The van der Waals surface area contributed by atoms with Crippen LogP contribution in [-0.4, -0.2) is 38.5 Å². The van der Waals surface area contributed by atoms with Crippen molar-refractivity contribution in [3.05, 3.63) is 33.9 Å². The number of hydrogen-bond donors (Lipinski definition) is 1. The van der Waals surface area contributed by atoms with Gasteiger partial charge in [0.2, 0.25) is 4.43 Å². The molecule has 1 aromatic rings. The molecule has 0 bridgehead atoms. The number of rotatable bonds is 4. The van der Waals surface area contributed by atoms with E-state index in [4.69, 9.17) is 0 Å². The molecule has 158 valence electrons. The van der Waals surface area contributed by atoms with Crippen LogP contribution in [0, 0.1) is 3.57 Å². The van der Waals surface area contributed by atoms with Gasteiger partial charge in [0.05, 0.1) is 0 Å². The molecule has 5 nitrogen and oxygen atoms in total. The molecule has 0 amide bonds. The Bertz CT molecular complexity index is 760. The van der Waals surface area contributed by atoms with Gasteiger partial charge in [-0.15, -0.1) is 0 Å². The summed E-state index contributed by atoms with van der Waals surface area (Å²) < 4.78 is 144. The third kappa shape index (κ3) is 9.79. The van der Waals surface area contributed by atoms with Gasteiger partial charge in [0.25, 0.3) is 0 Å². The summed E-state index contributed by atoms with van der Waals surface area (Å²) in [6.07, 6.45) is -4.00. The zero-order valence-corrected chi connectivity index (χ0v) is 16.1. The van der Waals surface area contributed by atoms with Gasteiger partial charge in [0.1, 0.15) is 0 Å². The monoisotopic (exact) mass is 568 g/mol. The predicted octanol–water partition coefficient (Wildman–Crippen LogP) is -0.217. The van der Waals surface area contributed by atoms with Gasteiger partial charge in [-0.05, 0) is 12.1 Å². The van der Waals surface area contributed by atoms with Crippen molar-refractivity contribution in [3.8, 4) is 0 Å². The number of alkyl halides is 10. The lowest BCUT2D eigenvalue weighted by atomic mass is 10.4. The van der Waals surface area contributed by atoms with E-state index in [2.05, 4.69) is 0 Å². The van der Waals surface area contributed by atoms with Crippen LogP contribution in [0.3, 0.4) is 0 Å². The standard InChI is InChI=1S/C8H7F3I.C2HF6NO4S2/c9-8(10,11)6-12-7-4-2-1-3-5-7;3-1(4,5)14(10,11)9-15(12,13)2(6,7)8/h1-5H,6H2;9H/q+1;. The summed E-state index contributed by atoms with van der Waals surface area (Å²) in [7, 11) is -13.2. The van der Waals surface area contributed by atoms with Crippen molar-refractivity contribution in [3.63, 3.8) is 0 Å². The molecule has 0 atom stereocenters. The van der Waals surface area contributed by atoms with E-state index in [1.807, 2.05) is 0 Å². The highest BCUT2D eigenvalue weighted by Crippen LogP contribution is 2.27. The first kappa shape index (κ1) is 26.2. The van der Waals surface area contributed by atoms with E-state index in [9.17, 15) is 56.3 Å². The van der Waals surface area contributed by atoms with Gasteiger partial charge in [-0.1, -0.05) is 22.3 Å². The molecule has 0 radical (unpaired) electrons. The van der Waals surface area contributed by atoms with Gasteiger partial charge in [-0.2, -0.15) is 39.5 Å². The minimum Gasteiger partial charge on any atom is -0.202 e. The van der Waals surface area contributed by atoms with Gasteiger partial charge in [-0.3, -0.25) is 0 Å². The number of nitrogens with one attached hydrogen (secondary N) is 1. The second-order valence-corrected chi connectivity index (χ2v) is 10.5. The third-order valence-electron chi connectivity index (χ3n) is 1.93. The topological polar surface area (TPSA) is 80.3 Å². The maximum atomic E-state index is 11.8. The minimum absolute atomic E-state index is 0.493. The molecule has 0 aliphatic rings. The Morgan fingerprint density at radius 3 is 1.41 bits per heavy atom.